The lowest BCUT2D eigenvalue weighted by Crippen LogP contribution is -2.05. The molecule has 0 fully saturated rings. The number of anilines is 2. The highest BCUT2D eigenvalue weighted by Gasteiger charge is 1.95. The summed E-state index contributed by atoms with van der Waals surface area (Å²) in [5, 5.41) is 5.44. The summed E-state index contributed by atoms with van der Waals surface area (Å²) >= 11 is 0. The Morgan fingerprint density at radius 2 is 1.08 bits per heavy atom. The van der Waals surface area contributed by atoms with Crippen molar-refractivity contribution in [1.29, 1.82) is 0 Å². The molecule has 0 spiro atoms. The van der Waals surface area contributed by atoms with Gasteiger partial charge in [-0.15, -0.1) is 0 Å². The summed E-state index contributed by atoms with van der Waals surface area (Å²) in [6, 6.07) is 14.9. The van der Waals surface area contributed by atoms with Crippen LogP contribution < -0.4 is 10.6 Å². The van der Waals surface area contributed by atoms with Crippen LogP contribution in [0.25, 0.3) is 0 Å². The lowest BCUT2D eigenvalue weighted by molar-refractivity contribution is -0.115. The van der Waals surface area contributed by atoms with E-state index in [2.05, 4.69) is 20.6 Å². The third-order valence-corrected chi connectivity index (χ3v) is 3.30. The normalized spacial score (nSPS) is 11.0. The van der Waals surface area contributed by atoms with Crippen LogP contribution in [0.5, 0.6) is 0 Å². The molecule has 2 rings (SSSR count). The molecule has 0 bridgehead atoms. The summed E-state index contributed by atoms with van der Waals surface area (Å²) in [5.41, 5.74) is 3.47. The van der Waals surface area contributed by atoms with Crippen LogP contribution in [0.4, 0.5) is 11.4 Å². The molecule has 6 heteroatoms. The molecule has 2 aromatic carbocycles. The molecule has 0 saturated heterocycles. The molecular formula is C20H22N4O2. The van der Waals surface area contributed by atoms with Gasteiger partial charge in [-0.05, 0) is 35.4 Å². The van der Waals surface area contributed by atoms with E-state index in [4.69, 9.17) is 0 Å². The van der Waals surface area contributed by atoms with Gasteiger partial charge in [0.05, 0.1) is 13.1 Å². The highest BCUT2D eigenvalue weighted by atomic mass is 16.2. The SMILES string of the molecule is CC(=O)Nc1ccc(C=NCCN=Cc2ccc(NC(C)=O)cc2)cc1. The highest BCUT2D eigenvalue weighted by Crippen LogP contribution is 2.09. The standard InChI is InChI=1S/C20H22N4O2/c1-15(25)23-19-7-3-17(4-8-19)13-21-11-12-22-14-18-5-9-20(10-6-18)24-16(2)26/h3-10,13-14H,11-12H2,1-2H3,(H,23,25)(H,24,26). The molecule has 0 aliphatic carbocycles. The molecule has 0 aromatic heterocycles. The molecule has 0 saturated carbocycles. The van der Waals surface area contributed by atoms with Crippen molar-refractivity contribution < 1.29 is 9.59 Å². The van der Waals surface area contributed by atoms with Gasteiger partial charge in [0, 0.05) is 37.7 Å². The maximum atomic E-state index is 11.0. The van der Waals surface area contributed by atoms with Crippen LogP contribution in [0.15, 0.2) is 58.5 Å². The van der Waals surface area contributed by atoms with Crippen molar-refractivity contribution in [1.82, 2.24) is 0 Å². The average molecular weight is 350 g/mol. The van der Waals surface area contributed by atoms with E-state index >= 15 is 0 Å². The predicted octanol–water partition coefficient (Wildman–Crippen LogP) is 3.14. The van der Waals surface area contributed by atoms with E-state index in [0.29, 0.717) is 13.1 Å². The number of hydrogen-bond acceptors (Lipinski definition) is 4. The van der Waals surface area contributed by atoms with Crippen molar-refractivity contribution in [2.24, 2.45) is 9.98 Å². The van der Waals surface area contributed by atoms with E-state index in [0.717, 1.165) is 22.5 Å². The second-order valence-electron chi connectivity index (χ2n) is 5.68. The Balaban J connectivity index is 1.75. The fraction of sp³-hybridized carbons (Fsp3) is 0.200. The second-order valence-corrected chi connectivity index (χ2v) is 5.68. The van der Waals surface area contributed by atoms with Crippen molar-refractivity contribution in [3.8, 4) is 0 Å². The zero-order chi connectivity index (χ0) is 18.8. The molecule has 0 atom stereocenters. The molecular weight excluding hydrogens is 328 g/mol. The Bertz CT molecular complexity index is 724. The predicted molar refractivity (Wildman–Crippen MR) is 106 cm³/mol. The van der Waals surface area contributed by atoms with Crippen molar-refractivity contribution >= 4 is 35.6 Å². The first-order valence-electron chi connectivity index (χ1n) is 8.28. The first-order chi connectivity index (χ1) is 12.5. The number of amides is 2. The van der Waals surface area contributed by atoms with Gasteiger partial charge in [0.2, 0.25) is 11.8 Å². The topological polar surface area (TPSA) is 82.9 Å². The Labute approximate surface area is 153 Å². The number of carbonyl (C=O) groups excluding carboxylic acids is 2. The molecule has 0 heterocycles. The molecule has 6 nitrogen and oxygen atoms in total. The number of nitrogens with zero attached hydrogens (tertiary/aromatic N) is 2. The van der Waals surface area contributed by atoms with E-state index in [1.54, 1.807) is 12.4 Å². The summed E-state index contributed by atoms with van der Waals surface area (Å²) in [4.78, 5) is 30.6. The summed E-state index contributed by atoms with van der Waals surface area (Å²) in [7, 11) is 0. The molecule has 2 aromatic rings. The van der Waals surface area contributed by atoms with Crippen molar-refractivity contribution in [2.45, 2.75) is 13.8 Å². The fourth-order valence-corrected chi connectivity index (χ4v) is 2.17. The highest BCUT2D eigenvalue weighted by molar-refractivity contribution is 5.90. The second kappa shape index (κ2) is 9.88. The van der Waals surface area contributed by atoms with Crippen molar-refractivity contribution in [3.05, 3.63) is 59.7 Å². The third-order valence-electron chi connectivity index (χ3n) is 3.30. The Morgan fingerprint density at radius 3 is 1.38 bits per heavy atom. The van der Waals surface area contributed by atoms with Gasteiger partial charge in [-0.25, -0.2) is 0 Å². The molecule has 0 radical (unpaired) electrons. The minimum absolute atomic E-state index is 0.0889. The van der Waals surface area contributed by atoms with Gasteiger partial charge in [0.15, 0.2) is 0 Å². The number of carbonyl (C=O) groups is 2. The van der Waals surface area contributed by atoms with E-state index < -0.39 is 0 Å². The number of benzene rings is 2. The van der Waals surface area contributed by atoms with Crippen LogP contribution in [0.2, 0.25) is 0 Å². The summed E-state index contributed by atoms with van der Waals surface area (Å²) in [5.74, 6) is -0.178. The molecule has 0 aliphatic rings. The van der Waals surface area contributed by atoms with E-state index in [-0.39, 0.29) is 11.8 Å². The first-order valence-corrected chi connectivity index (χ1v) is 8.28. The van der Waals surface area contributed by atoms with Gasteiger partial charge < -0.3 is 10.6 Å². The van der Waals surface area contributed by atoms with E-state index in [1.807, 2.05) is 48.5 Å². The lowest BCUT2D eigenvalue weighted by Gasteiger charge is -2.01. The largest absolute Gasteiger partial charge is 0.326 e. The minimum Gasteiger partial charge on any atom is -0.326 e. The van der Waals surface area contributed by atoms with Gasteiger partial charge in [0.25, 0.3) is 0 Å². The molecule has 0 aliphatic heterocycles. The summed E-state index contributed by atoms with van der Waals surface area (Å²) in [6.45, 7) is 4.14. The van der Waals surface area contributed by atoms with Crippen LogP contribution in [0.1, 0.15) is 25.0 Å². The van der Waals surface area contributed by atoms with E-state index in [1.165, 1.54) is 13.8 Å². The monoisotopic (exact) mass is 350 g/mol. The van der Waals surface area contributed by atoms with Gasteiger partial charge in [-0.1, -0.05) is 24.3 Å². The summed E-state index contributed by atoms with van der Waals surface area (Å²) in [6.07, 6.45) is 3.57. The smallest absolute Gasteiger partial charge is 0.221 e. The van der Waals surface area contributed by atoms with Crippen LogP contribution in [-0.4, -0.2) is 37.3 Å². The quantitative estimate of drug-likeness (QED) is 0.594. The van der Waals surface area contributed by atoms with Crippen molar-refractivity contribution in [2.75, 3.05) is 23.7 Å². The van der Waals surface area contributed by atoms with E-state index in [9.17, 15) is 9.59 Å². The third kappa shape index (κ3) is 7.09. The zero-order valence-corrected chi connectivity index (χ0v) is 14.9. The van der Waals surface area contributed by atoms with Crippen LogP contribution in [0, 0.1) is 0 Å². The van der Waals surface area contributed by atoms with Crippen LogP contribution >= 0.6 is 0 Å². The maximum absolute atomic E-state index is 11.0. The van der Waals surface area contributed by atoms with Gasteiger partial charge >= 0.3 is 0 Å². The number of hydrogen-bond donors (Lipinski definition) is 2. The van der Waals surface area contributed by atoms with Crippen LogP contribution in [-0.2, 0) is 9.59 Å². The molecule has 134 valence electrons. The van der Waals surface area contributed by atoms with Gasteiger partial charge in [0.1, 0.15) is 0 Å². The first kappa shape index (κ1) is 19.1. The average Bonchev–Trinajstić information content (AvgIpc) is 2.60. The number of rotatable bonds is 7. The summed E-state index contributed by atoms with van der Waals surface area (Å²) < 4.78 is 0. The zero-order valence-electron chi connectivity index (χ0n) is 14.9. The minimum atomic E-state index is -0.0889. The fourth-order valence-electron chi connectivity index (χ4n) is 2.17. The molecule has 2 N–H and O–H groups in total. The molecule has 0 unspecified atom stereocenters. The van der Waals surface area contributed by atoms with Gasteiger partial charge in [-0.3, -0.25) is 19.6 Å². The maximum Gasteiger partial charge on any atom is 0.221 e. The number of aliphatic imine (C=N–C) groups is 2. The van der Waals surface area contributed by atoms with Gasteiger partial charge in [-0.2, -0.15) is 0 Å². The Morgan fingerprint density at radius 1 is 0.731 bits per heavy atom. The van der Waals surface area contributed by atoms with Crippen LogP contribution in [0.3, 0.4) is 0 Å². The van der Waals surface area contributed by atoms with Crippen molar-refractivity contribution in [3.63, 3.8) is 0 Å². The number of nitrogens with one attached hydrogen (secondary N) is 2. The lowest BCUT2D eigenvalue weighted by atomic mass is 10.2. The Kier molecular flexibility index (Phi) is 7.24. The molecule has 2 amide bonds. The Hall–Kier alpha value is -3.28. The molecule has 26 heavy (non-hydrogen) atoms.